The van der Waals surface area contributed by atoms with Crippen LogP contribution < -0.4 is 4.43 Å². The highest BCUT2D eigenvalue weighted by atomic mass is 28.4. The summed E-state index contributed by atoms with van der Waals surface area (Å²) in [5.41, 5.74) is -0.148. The highest BCUT2D eigenvalue weighted by molar-refractivity contribution is 6.78. The Bertz CT molecular complexity index is 1050. The SMILES string of the molecule is CCCCCCC(CC)CC[Si](Oc1c(F)c(F)c(F)c2c(F)[c]c(F)c(F)c12)(C(C)C)C(C)(C)C. The first-order valence-corrected chi connectivity index (χ1v) is 15.2. The van der Waals surface area contributed by atoms with Gasteiger partial charge in [0.15, 0.2) is 29.0 Å². The van der Waals surface area contributed by atoms with E-state index in [4.69, 9.17) is 4.43 Å². The lowest BCUT2D eigenvalue weighted by atomic mass is 9.96. The molecule has 8 heteroatoms. The zero-order valence-corrected chi connectivity index (χ0v) is 23.5. The van der Waals surface area contributed by atoms with E-state index < -0.39 is 64.8 Å². The Labute approximate surface area is 212 Å². The van der Waals surface area contributed by atoms with Crippen LogP contribution >= 0.6 is 0 Å². The largest absolute Gasteiger partial charge is 0.540 e. The van der Waals surface area contributed by atoms with Crippen LogP contribution in [0.5, 0.6) is 5.75 Å². The van der Waals surface area contributed by atoms with Crippen molar-refractivity contribution in [3.05, 3.63) is 41.0 Å². The summed E-state index contributed by atoms with van der Waals surface area (Å²) in [6, 6.07) is 1.95. The summed E-state index contributed by atoms with van der Waals surface area (Å²) in [4.78, 5) is 0. The van der Waals surface area contributed by atoms with Gasteiger partial charge in [-0.3, -0.25) is 0 Å². The molecule has 1 radical (unpaired) electrons. The first-order chi connectivity index (χ1) is 16.7. The van der Waals surface area contributed by atoms with E-state index in [2.05, 4.69) is 13.8 Å². The van der Waals surface area contributed by atoms with Crippen molar-refractivity contribution in [1.29, 1.82) is 0 Å². The summed E-state index contributed by atoms with van der Waals surface area (Å²) in [5, 5.41) is -2.81. The lowest BCUT2D eigenvalue weighted by Crippen LogP contribution is -2.53. The molecule has 2 aromatic carbocycles. The van der Waals surface area contributed by atoms with Gasteiger partial charge in [-0.2, -0.15) is 4.39 Å². The first kappa shape index (κ1) is 30.5. The van der Waals surface area contributed by atoms with E-state index in [0.29, 0.717) is 12.0 Å². The number of rotatable bonds is 12. The highest BCUT2D eigenvalue weighted by Crippen LogP contribution is 2.50. The van der Waals surface area contributed by atoms with Crippen LogP contribution in [0, 0.1) is 46.9 Å². The number of unbranched alkanes of at least 4 members (excludes halogenated alkanes) is 3. The zero-order valence-electron chi connectivity index (χ0n) is 22.5. The summed E-state index contributed by atoms with van der Waals surface area (Å²) in [6.07, 6.45) is 7.31. The second kappa shape index (κ2) is 12.2. The molecule has 0 N–H and O–H groups in total. The molecule has 2 atom stereocenters. The predicted octanol–water partition coefficient (Wildman–Crippen LogP) is 10.4. The van der Waals surface area contributed by atoms with E-state index in [1.54, 1.807) is 0 Å². The molecule has 2 rings (SSSR count). The molecule has 0 fully saturated rings. The molecule has 2 unspecified atom stereocenters. The van der Waals surface area contributed by atoms with Crippen LogP contribution in [0.4, 0.5) is 26.3 Å². The Kier molecular flexibility index (Phi) is 10.4. The van der Waals surface area contributed by atoms with Crippen LogP contribution in [0.1, 0.15) is 93.4 Å². The molecule has 0 aliphatic carbocycles. The molecule has 2 aromatic rings. The normalized spacial score (nSPS) is 14.9. The third kappa shape index (κ3) is 6.05. The van der Waals surface area contributed by atoms with Gasteiger partial charge in [0.1, 0.15) is 5.82 Å². The Morgan fingerprint density at radius 1 is 0.778 bits per heavy atom. The monoisotopic (exact) mass is 533 g/mol. The molecule has 0 amide bonds. The van der Waals surface area contributed by atoms with E-state index in [0.717, 1.165) is 38.5 Å². The van der Waals surface area contributed by atoms with Gasteiger partial charge in [-0.25, -0.2) is 22.0 Å². The Hall–Kier alpha value is -1.70. The van der Waals surface area contributed by atoms with Crippen molar-refractivity contribution in [1.82, 2.24) is 0 Å². The standard InChI is InChI=1S/C28H39F6OSi/c1-8-10-11-12-13-18(9-2)14-15-36(17(3)4,28(5,6)7)35-27-22-21(24(32)25(33)26(27)34)19(29)16-20(30)23(22)31/h17-18H,8-15H2,1-7H3. The Morgan fingerprint density at radius 3 is 1.94 bits per heavy atom. The smallest absolute Gasteiger partial charge is 0.259 e. The van der Waals surface area contributed by atoms with Crippen LogP contribution in [0.3, 0.4) is 0 Å². The molecule has 0 aliphatic rings. The fraction of sp³-hybridized carbons (Fsp3) is 0.643. The molecule has 0 saturated heterocycles. The summed E-state index contributed by atoms with van der Waals surface area (Å²) >= 11 is 0. The molecular weight excluding hydrogens is 494 g/mol. The first-order valence-electron chi connectivity index (χ1n) is 13.0. The minimum atomic E-state index is -3.15. The average Bonchev–Trinajstić information content (AvgIpc) is 2.79. The number of hydrogen-bond donors (Lipinski definition) is 0. The van der Waals surface area contributed by atoms with Gasteiger partial charge in [0.2, 0.25) is 5.82 Å². The predicted molar refractivity (Wildman–Crippen MR) is 136 cm³/mol. The lowest BCUT2D eigenvalue weighted by Gasteiger charge is -2.46. The van der Waals surface area contributed by atoms with Gasteiger partial charge in [-0.15, -0.1) is 0 Å². The van der Waals surface area contributed by atoms with Gasteiger partial charge in [-0.1, -0.05) is 87.0 Å². The molecular formula is C28H39F6OSi. The van der Waals surface area contributed by atoms with E-state index >= 15 is 4.39 Å². The second-order valence-electron chi connectivity index (χ2n) is 11.1. The van der Waals surface area contributed by atoms with Crippen LogP contribution in [0.15, 0.2) is 0 Å². The summed E-state index contributed by atoms with van der Waals surface area (Å²) in [7, 11) is -3.15. The van der Waals surface area contributed by atoms with Crippen molar-refractivity contribution in [2.75, 3.05) is 0 Å². The van der Waals surface area contributed by atoms with Crippen LogP contribution in [-0.4, -0.2) is 8.32 Å². The van der Waals surface area contributed by atoms with Gasteiger partial charge in [-0.05, 0) is 29.0 Å². The fourth-order valence-electron chi connectivity index (χ4n) is 5.34. The van der Waals surface area contributed by atoms with Crippen molar-refractivity contribution >= 4 is 19.1 Å². The van der Waals surface area contributed by atoms with Crippen LogP contribution in [-0.2, 0) is 0 Å². The van der Waals surface area contributed by atoms with Crippen LogP contribution in [0.25, 0.3) is 10.8 Å². The Balaban J connectivity index is 2.64. The van der Waals surface area contributed by atoms with E-state index in [1.165, 1.54) is 12.5 Å². The highest BCUT2D eigenvalue weighted by Gasteiger charge is 2.52. The molecule has 1 nitrogen and oxygen atoms in total. The van der Waals surface area contributed by atoms with Crippen molar-refractivity contribution < 1.29 is 30.8 Å². The zero-order chi connectivity index (χ0) is 27.4. The Morgan fingerprint density at radius 2 is 1.42 bits per heavy atom. The van der Waals surface area contributed by atoms with Crippen molar-refractivity contribution in [3.63, 3.8) is 0 Å². The van der Waals surface area contributed by atoms with E-state index in [9.17, 15) is 22.0 Å². The quantitative estimate of drug-likeness (QED) is 0.0867. The number of halogens is 6. The number of hydrogen-bond acceptors (Lipinski definition) is 1. The number of benzene rings is 2. The van der Waals surface area contributed by atoms with E-state index in [-0.39, 0.29) is 5.54 Å². The lowest BCUT2D eigenvalue weighted by molar-refractivity contribution is 0.379. The maximum atomic E-state index is 15.2. The fourth-order valence-corrected chi connectivity index (χ4v) is 10.4. The average molecular weight is 534 g/mol. The molecule has 0 aliphatic heterocycles. The van der Waals surface area contributed by atoms with Gasteiger partial charge in [0.25, 0.3) is 8.32 Å². The summed E-state index contributed by atoms with van der Waals surface area (Å²) < 4.78 is 94.0. The maximum absolute atomic E-state index is 15.2. The summed E-state index contributed by atoms with van der Waals surface area (Å²) in [5.74, 6) is -11.4. The second-order valence-corrected chi connectivity index (χ2v) is 16.3. The maximum Gasteiger partial charge on any atom is 0.259 e. The van der Waals surface area contributed by atoms with Crippen LogP contribution in [0.2, 0.25) is 16.6 Å². The van der Waals surface area contributed by atoms with Gasteiger partial charge >= 0.3 is 0 Å². The molecule has 0 bridgehead atoms. The molecule has 36 heavy (non-hydrogen) atoms. The van der Waals surface area contributed by atoms with Crippen molar-refractivity contribution in [3.8, 4) is 5.75 Å². The molecule has 0 spiro atoms. The molecule has 0 aromatic heterocycles. The third-order valence-electron chi connectivity index (χ3n) is 7.59. The topological polar surface area (TPSA) is 9.23 Å². The van der Waals surface area contributed by atoms with E-state index in [1.807, 2.05) is 34.6 Å². The van der Waals surface area contributed by atoms with Gasteiger partial charge in [0.05, 0.1) is 16.8 Å². The van der Waals surface area contributed by atoms with Crippen molar-refractivity contribution in [2.24, 2.45) is 5.92 Å². The van der Waals surface area contributed by atoms with Crippen molar-refractivity contribution in [2.45, 2.75) is 110 Å². The van der Waals surface area contributed by atoms with Gasteiger partial charge in [0, 0.05) is 0 Å². The molecule has 0 saturated carbocycles. The number of fused-ring (bicyclic) bond motifs is 1. The summed E-state index contributed by atoms with van der Waals surface area (Å²) in [6.45, 7) is 13.9. The molecule has 203 valence electrons. The minimum Gasteiger partial charge on any atom is -0.540 e. The molecule has 0 heterocycles. The van der Waals surface area contributed by atoms with Gasteiger partial charge < -0.3 is 4.43 Å². The minimum absolute atomic E-state index is 0.148. The third-order valence-corrected chi connectivity index (χ3v) is 13.6.